The molecule has 7 nitrogen and oxygen atoms in total. The molecule has 0 saturated carbocycles. The van der Waals surface area contributed by atoms with E-state index in [1.54, 1.807) is 14.1 Å². The van der Waals surface area contributed by atoms with E-state index < -0.39 is 15.8 Å². The molecule has 0 saturated heterocycles. The van der Waals surface area contributed by atoms with Crippen molar-refractivity contribution in [2.75, 3.05) is 45.2 Å². The van der Waals surface area contributed by atoms with Crippen LogP contribution in [-0.2, 0) is 19.4 Å². The summed E-state index contributed by atoms with van der Waals surface area (Å²) in [6, 6.07) is 0. The fourth-order valence-electron chi connectivity index (χ4n) is 3.77. The predicted octanol–water partition coefficient (Wildman–Crippen LogP) is 2.83. The minimum atomic E-state index is -3.19. The number of hydrogen-bond donors (Lipinski definition) is 1. The summed E-state index contributed by atoms with van der Waals surface area (Å²) in [5.74, 6) is -1.32. The number of aliphatic carboxylic acids is 1. The van der Waals surface area contributed by atoms with E-state index in [2.05, 4.69) is 12.2 Å². The van der Waals surface area contributed by atoms with E-state index in [9.17, 15) is 23.1 Å². The molecule has 0 bridgehead atoms. The molecular formula is C24H48N2O5S. The van der Waals surface area contributed by atoms with Gasteiger partial charge in [-0.25, -0.2) is 8.42 Å². The third kappa shape index (κ3) is 20.7. The van der Waals surface area contributed by atoms with Crippen LogP contribution >= 0.6 is 0 Å². The van der Waals surface area contributed by atoms with Gasteiger partial charge in [-0.15, -0.1) is 0 Å². The number of carboxylic acids is 1. The lowest BCUT2D eigenvalue weighted by Gasteiger charge is -2.30. The van der Waals surface area contributed by atoms with Crippen LogP contribution in [0.5, 0.6) is 0 Å². The zero-order valence-electron chi connectivity index (χ0n) is 20.8. The Morgan fingerprint density at radius 3 is 1.78 bits per heavy atom. The molecule has 0 rings (SSSR count). The Balaban J connectivity index is 3.67. The molecule has 1 N–H and O–H groups in total. The number of nitrogens with zero attached hydrogens (tertiary/aromatic N) is 1. The normalized spacial score (nSPS) is 12.1. The van der Waals surface area contributed by atoms with Crippen molar-refractivity contribution < 1.29 is 27.6 Å². The summed E-state index contributed by atoms with van der Waals surface area (Å²) in [5.41, 5.74) is 0. The zero-order valence-corrected chi connectivity index (χ0v) is 21.6. The Kier molecular flexibility index (Phi) is 17.6. The van der Waals surface area contributed by atoms with Gasteiger partial charge in [0.15, 0.2) is 9.84 Å². The average Bonchev–Trinajstić information content (AvgIpc) is 2.69. The first-order chi connectivity index (χ1) is 15.1. The molecule has 0 atom stereocenters. The summed E-state index contributed by atoms with van der Waals surface area (Å²) in [6.07, 6.45) is 15.0. The van der Waals surface area contributed by atoms with Crippen molar-refractivity contribution in [3.05, 3.63) is 0 Å². The van der Waals surface area contributed by atoms with E-state index in [1.165, 1.54) is 57.8 Å². The van der Waals surface area contributed by atoms with Crippen LogP contribution in [0.1, 0.15) is 96.8 Å². The largest absolute Gasteiger partial charge is 0.544 e. The van der Waals surface area contributed by atoms with Gasteiger partial charge in [-0.05, 0) is 6.42 Å². The zero-order chi connectivity index (χ0) is 24.3. The molecule has 32 heavy (non-hydrogen) atoms. The third-order valence-electron chi connectivity index (χ3n) is 5.77. The first-order valence-electron chi connectivity index (χ1n) is 12.6. The molecule has 190 valence electrons. The number of carboxylic acid groups (broad SMARTS) is 1. The highest BCUT2D eigenvalue weighted by Gasteiger charge is 2.16. The van der Waals surface area contributed by atoms with Gasteiger partial charge < -0.3 is 19.7 Å². The van der Waals surface area contributed by atoms with Crippen molar-refractivity contribution in [2.24, 2.45) is 0 Å². The lowest BCUT2D eigenvalue weighted by atomic mass is 10.1. The molecule has 0 aromatic rings. The molecule has 0 aliphatic heterocycles. The topological polar surface area (TPSA) is 103 Å². The number of carbonyl (C=O) groups excluding carboxylic acids is 2. The molecule has 0 aromatic carbocycles. The van der Waals surface area contributed by atoms with Crippen molar-refractivity contribution in [2.45, 2.75) is 96.8 Å². The van der Waals surface area contributed by atoms with E-state index in [0.29, 0.717) is 25.9 Å². The van der Waals surface area contributed by atoms with Crippen LogP contribution in [0.25, 0.3) is 0 Å². The van der Waals surface area contributed by atoms with E-state index in [1.807, 2.05) is 0 Å². The van der Waals surface area contributed by atoms with E-state index >= 15 is 0 Å². The number of unbranched alkanes of at least 4 members (excludes halogenated alkanes) is 11. The van der Waals surface area contributed by atoms with Crippen LogP contribution < -0.4 is 10.4 Å². The molecule has 8 heteroatoms. The van der Waals surface area contributed by atoms with Gasteiger partial charge in [-0.2, -0.15) is 0 Å². The van der Waals surface area contributed by atoms with Crippen molar-refractivity contribution in [3.8, 4) is 0 Å². The number of likely N-dealkylation sites (N-methyl/N-ethyl adjacent to an activating group) is 1. The summed E-state index contributed by atoms with van der Waals surface area (Å²) in [6.45, 7) is 3.15. The number of carbonyl (C=O) groups is 2. The number of sulfone groups is 1. The highest BCUT2D eigenvalue weighted by Crippen LogP contribution is 2.12. The second-order valence-corrected chi connectivity index (χ2v) is 12.0. The van der Waals surface area contributed by atoms with Gasteiger partial charge in [0.05, 0.1) is 38.1 Å². The lowest BCUT2D eigenvalue weighted by molar-refractivity contribution is -0.884. The molecule has 0 aliphatic rings. The monoisotopic (exact) mass is 476 g/mol. The maximum atomic E-state index is 12.1. The van der Waals surface area contributed by atoms with E-state index in [0.717, 1.165) is 12.8 Å². The number of amides is 1. The smallest absolute Gasteiger partial charge is 0.221 e. The first-order valence-corrected chi connectivity index (χ1v) is 14.4. The number of rotatable bonds is 22. The van der Waals surface area contributed by atoms with Gasteiger partial charge in [0, 0.05) is 19.4 Å². The van der Waals surface area contributed by atoms with Gasteiger partial charge in [0.2, 0.25) is 5.91 Å². The standard InChI is InChI=1S/C24H48N2O5S/c1-4-5-6-7-8-9-10-11-12-13-14-15-20-32(30,31)21-17-23(27)25-18-16-19-26(2,3)22-24(28)29/h4-22H2,1-3H3,(H-,25,27,28,29). The van der Waals surface area contributed by atoms with Gasteiger partial charge in [-0.3, -0.25) is 4.79 Å². The Morgan fingerprint density at radius 2 is 1.28 bits per heavy atom. The molecule has 0 aromatic heterocycles. The van der Waals surface area contributed by atoms with Gasteiger partial charge >= 0.3 is 0 Å². The Bertz CT molecular complexity index is 606. The summed E-state index contributed by atoms with van der Waals surface area (Å²) < 4.78 is 24.6. The van der Waals surface area contributed by atoms with Crippen molar-refractivity contribution in [1.82, 2.24) is 5.32 Å². The van der Waals surface area contributed by atoms with Crippen LogP contribution in [0, 0.1) is 0 Å². The Hall–Kier alpha value is -1.15. The van der Waals surface area contributed by atoms with E-state index in [-0.39, 0.29) is 34.9 Å². The molecule has 0 aliphatic carbocycles. The maximum Gasteiger partial charge on any atom is 0.221 e. The summed E-state index contributed by atoms with van der Waals surface area (Å²) >= 11 is 0. The molecule has 0 radical (unpaired) electrons. The summed E-state index contributed by atoms with van der Waals surface area (Å²) in [5, 5.41) is 13.4. The minimum Gasteiger partial charge on any atom is -0.544 e. The Morgan fingerprint density at radius 1 is 0.781 bits per heavy atom. The predicted molar refractivity (Wildman–Crippen MR) is 129 cm³/mol. The lowest BCUT2D eigenvalue weighted by Crippen LogP contribution is -2.49. The number of nitrogens with one attached hydrogen (secondary N) is 1. The van der Waals surface area contributed by atoms with E-state index in [4.69, 9.17) is 0 Å². The van der Waals surface area contributed by atoms with Crippen LogP contribution in [0.4, 0.5) is 0 Å². The number of quaternary nitrogens is 1. The highest BCUT2D eigenvalue weighted by molar-refractivity contribution is 7.91. The Labute approximate surface area is 196 Å². The van der Waals surface area contributed by atoms with Crippen molar-refractivity contribution in [1.29, 1.82) is 0 Å². The molecule has 0 heterocycles. The maximum absolute atomic E-state index is 12.1. The second-order valence-electron chi connectivity index (χ2n) is 9.68. The molecule has 0 fully saturated rings. The molecule has 0 unspecified atom stereocenters. The second kappa shape index (κ2) is 18.3. The molecule has 0 spiro atoms. The van der Waals surface area contributed by atoms with Crippen LogP contribution in [-0.4, -0.2) is 70.0 Å². The fourth-order valence-corrected chi connectivity index (χ4v) is 5.11. The van der Waals surface area contributed by atoms with Gasteiger partial charge in [0.25, 0.3) is 0 Å². The van der Waals surface area contributed by atoms with Crippen molar-refractivity contribution in [3.63, 3.8) is 0 Å². The molecular weight excluding hydrogens is 428 g/mol. The SMILES string of the molecule is CCCCCCCCCCCCCCS(=O)(=O)CCC(=O)NCCC[N+](C)(C)CC(=O)[O-]. The molecule has 1 amide bonds. The average molecular weight is 477 g/mol. The summed E-state index contributed by atoms with van der Waals surface area (Å²) in [4.78, 5) is 22.6. The quantitative estimate of drug-likeness (QED) is 0.191. The third-order valence-corrected chi connectivity index (χ3v) is 7.51. The fraction of sp³-hybridized carbons (Fsp3) is 0.917. The minimum absolute atomic E-state index is 0.0160. The van der Waals surface area contributed by atoms with Gasteiger partial charge in [0.1, 0.15) is 6.54 Å². The van der Waals surface area contributed by atoms with Gasteiger partial charge in [-0.1, -0.05) is 77.6 Å². The highest BCUT2D eigenvalue weighted by atomic mass is 32.2. The van der Waals surface area contributed by atoms with Crippen LogP contribution in [0.15, 0.2) is 0 Å². The number of hydrogen-bond acceptors (Lipinski definition) is 5. The van der Waals surface area contributed by atoms with Crippen LogP contribution in [0.3, 0.4) is 0 Å². The first kappa shape index (κ1) is 30.9. The van der Waals surface area contributed by atoms with Crippen molar-refractivity contribution >= 4 is 21.7 Å². The van der Waals surface area contributed by atoms with Crippen LogP contribution in [0.2, 0.25) is 0 Å². The summed E-state index contributed by atoms with van der Waals surface area (Å²) in [7, 11) is 0.390.